The van der Waals surface area contributed by atoms with E-state index in [-0.39, 0.29) is 58.8 Å². The molecule has 0 N–H and O–H groups in total. The SMILES string of the molecule is C.CC(C)CCCC(C)C1CCC2C3CC=C4C[CH-]CCC4(C)C3CCC12C.[K+]. The average molecular weight is 425 g/mol. The average Bonchev–Trinajstić information content (AvgIpc) is 2.98. The third-order valence-electron chi connectivity index (χ3n) is 10.1. The fraction of sp³-hybridized carbons (Fsp3) is 0.893. The molecule has 3 fully saturated rings. The predicted octanol–water partition coefficient (Wildman–Crippen LogP) is 5.87. The monoisotopic (exact) mass is 424 g/mol. The van der Waals surface area contributed by atoms with Crippen LogP contribution in [0.4, 0.5) is 0 Å². The van der Waals surface area contributed by atoms with Gasteiger partial charge in [-0.2, -0.15) is 12.8 Å². The summed E-state index contributed by atoms with van der Waals surface area (Å²) in [6.45, 7) is 12.7. The minimum atomic E-state index is 0. The largest absolute Gasteiger partial charge is 1.00 e. The van der Waals surface area contributed by atoms with Crippen LogP contribution < -0.4 is 51.4 Å². The Hall–Kier alpha value is 1.38. The van der Waals surface area contributed by atoms with Gasteiger partial charge < -0.3 is 6.42 Å². The van der Waals surface area contributed by atoms with Crippen molar-refractivity contribution < 1.29 is 51.4 Å². The molecule has 4 aliphatic rings. The van der Waals surface area contributed by atoms with Crippen LogP contribution in [0.2, 0.25) is 0 Å². The van der Waals surface area contributed by atoms with Gasteiger partial charge in [-0.1, -0.05) is 79.4 Å². The molecule has 29 heavy (non-hydrogen) atoms. The van der Waals surface area contributed by atoms with Crippen LogP contribution in [0.15, 0.2) is 11.6 Å². The molecule has 4 aliphatic carbocycles. The Kier molecular flexibility index (Phi) is 9.68. The van der Waals surface area contributed by atoms with Crippen LogP contribution in [0, 0.1) is 52.8 Å². The van der Waals surface area contributed by atoms with Gasteiger partial charge in [-0.25, -0.2) is 0 Å². The molecule has 0 aromatic heterocycles. The fourth-order valence-electron chi connectivity index (χ4n) is 8.50. The van der Waals surface area contributed by atoms with Crippen molar-refractivity contribution in [3.05, 3.63) is 18.1 Å². The Labute approximate surface area is 226 Å². The third-order valence-corrected chi connectivity index (χ3v) is 10.1. The quantitative estimate of drug-likeness (QED) is 0.294. The summed E-state index contributed by atoms with van der Waals surface area (Å²) < 4.78 is 0. The van der Waals surface area contributed by atoms with E-state index < -0.39 is 0 Å². The van der Waals surface area contributed by atoms with E-state index in [1.54, 1.807) is 0 Å². The number of fused-ring (bicyclic) bond motifs is 5. The molecule has 0 aliphatic heterocycles. The summed E-state index contributed by atoms with van der Waals surface area (Å²) >= 11 is 0. The molecule has 7 unspecified atom stereocenters. The molecule has 0 radical (unpaired) electrons. The Morgan fingerprint density at radius 2 is 1.79 bits per heavy atom. The van der Waals surface area contributed by atoms with Gasteiger partial charge in [0.15, 0.2) is 0 Å². The Morgan fingerprint density at radius 1 is 1.03 bits per heavy atom. The van der Waals surface area contributed by atoms with E-state index in [1.165, 1.54) is 70.6 Å². The first-order valence-corrected chi connectivity index (χ1v) is 12.4. The number of allylic oxidation sites excluding steroid dienone is 2. The van der Waals surface area contributed by atoms with E-state index in [4.69, 9.17) is 0 Å². The summed E-state index contributed by atoms with van der Waals surface area (Å²) in [5.41, 5.74) is 3.00. The van der Waals surface area contributed by atoms with E-state index in [2.05, 4.69) is 47.1 Å². The Morgan fingerprint density at radius 3 is 2.52 bits per heavy atom. The van der Waals surface area contributed by atoms with Gasteiger partial charge in [0.05, 0.1) is 0 Å². The predicted molar refractivity (Wildman–Crippen MR) is 124 cm³/mol. The van der Waals surface area contributed by atoms with Crippen molar-refractivity contribution in [3.63, 3.8) is 0 Å². The smallest absolute Gasteiger partial charge is 0.325 e. The van der Waals surface area contributed by atoms with Gasteiger partial charge in [-0.15, -0.1) is 0 Å². The van der Waals surface area contributed by atoms with Crippen LogP contribution in [0.5, 0.6) is 0 Å². The molecule has 3 saturated carbocycles. The van der Waals surface area contributed by atoms with Gasteiger partial charge in [0.25, 0.3) is 0 Å². The van der Waals surface area contributed by atoms with E-state index >= 15 is 0 Å². The zero-order valence-corrected chi connectivity index (χ0v) is 23.0. The molecule has 162 valence electrons. The Balaban J connectivity index is 0.00000150. The van der Waals surface area contributed by atoms with Crippen LogP contribution >= 0.6 is 0 Å². The molecular weight excluding hydrogens is 375 g/mol. The number of hydrogen-bond donors (Lipinski definition) is 0. The molecule has 0 saturated heterocycles. The summed E-state index contributed by atoms with van der Waals surface area (Å²) in [4.78, 5) is 0. The summed E-state index contributed by atoms with van der Waals surface area (Å²) in [5.74, 6) is 5.78. The molecule has 4 rings (SSSR count). The van der Waals surface area contributed by atoms with Gasteiger partial charge in [0.1, 0.15) is 0 Å². The molecule has 0 aromatic rings. The molecule has 7 atom stereocenters. The molecule has 0 nitrogen and oxygen atoms in total. The summed E-state index contributed by atoms with van der Waals surface area (Å²) in [5, 5.41) is 0. The van der Waals surface area contributed by atoms with Gasteiger partial charge in [0.2, 0.25) is 0 Å². The van der Waals surface area contributed by atoms with Gasteiger partial charge >= 0.3 is 51.4 Å². The van der Waals surface area contributed by atoms with Crippen LogP contribution in [-0.4, -0.2) is 0 Å². The first kappa shape index (κ1) is 26.6. The van der Waals surface area contributed by atoms with E-state index in [0.29, 0.717) is 10.8 Å². The van der Waals surface area contributed by atoms with E-state index in [0.717, 1.165) is 35.5 Å². The second kappa shape index (κ2) is 10.5. The second-order valence-electron chi connectivity index (χ2n) is 11.8. The number of hydrogen-bond acceptors (Lipinski definition) is 0. The molecule has 0 aromatic carbocycles. The normalized spacial score (nSPS) is 41.9. The minimum Gasteiger partial charge on any atom is -0.325 e. The van der Waals surface area contributed by atoms with Crippen LogP contribution in [0.25, 0.3) is 0 Å². The van der Waals surface area contributed by atoms with E-state index in [1.807, 2.05) is 5.57 Å². The summed E-state index contributed by atoms with van der Waals surface area (Å²) in [6, 6.07) is 0. The van der Waals surface area contributed by atoms with Crippen molar-refractivity contribution in [2.24, 2.45) is 46.3 Å². The van der Waals surface area contributed by atoms with Crippen LogP contribution in [0.3, 0.4) is 0 Å². The number of rotatable bonds is 5. The van der Waals surface area contributed by atoms with Crippen LogP contribution in [-0.2, 0) is 0 Å². The summed E-state index contributed by atoms with van der Waals surface area (Å²) in [7, 11) is 0. The zero-order chi connectivity index (χ0) is 19.2. The van der Waals surface area contributed by atoms with Gasteiger partial charge in [-0.05, 0) is 78.4 Å². The molecule has 0 spiro atoms. The van der Waals surface area contributed by atoms with Crippen molar-refractivity contribution in [2.45, 2.75) is 113 Å². The van der Waals surface area contributed by atoms with E-state index in [9.17, 15) is 0 Å². The van der Waals surface area contributed by atoms with Crippen molar-refractivity contribution in [2.75, 3.05) is 0 Å². The van der Waals surface area contributed by atoms with Crippen molar-refractivity contribution in [1.82, 2.24) is 0 Å². The van der Waals surface area contributed by atoms with Crippen molar-refractivity contribution >= 4 is 0 Å². The maximum atomic E-state index is 2.72. The second-order valence-corrected chi connectivity index (χ2v) is 11.8. The van der Waals surface area contributed by atoms with Gasteiger partial charge in [-0.3, -0.25) is 0 Å². The van der Waals surface area contributed by atoms with Crippen molar-refractivity contribution in [1.29, 1.82) is 0 Å². The first-order chi connectivity index (χ1) is 12.9. The van der Waals surface area contributed by atoms with Crippen LogP contribution in [0.1, 0.15) is 113 Å². The van der Waals surface area contributed by atoms with Crippen molar-refractivity contribution in [3.8, 4) is 0 Å². The molecule has 1 heteroatoms. The zero-order valence-electron chi connectivity index (χ0n) is 19.9. The summed E-state index contributed by atoms with van der Waals surface area (Å²) in [6.07, 6.45) is 21.2. The Bertz CT molecular complexity index is 563. The molecule has 0 heterocycles. The molecule has 0 bridgehead atoms. The topological polar surface area (TPSA) is 0 Å². The molecule has 0 amide bonds. The fourth-order valence-corrected chi connectivity index (χ4v) is 8.50. The maximum Gasteiger partial charge on any atom is 1.00 e. The third kappa shape index (κ3) is 4.85. The van der Waals surface area contributed by atoms with Gasteiger partial charge in [0, 0.05) is 0 Å². The molecular formula is C28H49K. The maximum absolute atomic E-state index is 2.72. The minimum absolute atomic E-state index is 0. The first-order valence-electron chi connectivity index (χ1n) is 12.4. The standard InChI is InChI=1S/C27H45.CH4.K/c1-19(2)9-8-10-20(3)23-14-15-24-22-13-12-21-11-6-7-17-26(21,4)25(22)16-18-27(23,24)5;;/h6,12,19-20,22-25H,7-11,13-18H2,1-5H3;1H4;/q-1;;+1.